The van der Waals surface area contributed by atoms with Crippen molar-refractivity contribution < 1.29 is 9.84 Å². The first-order chi connectivity index (χ1) is 10.2. The van der Waals surface area contributed by atoms with E-state index in [2.05, 4.69) is 18.0 Å². The minimum absolute atomic E-state index is 0.00546. The first-order valence-electron chi connectivity index (χ1n) is 7.72. The van der Waals surface area contributed by atoms with Crippen LogP contribution in [0.25, 0.3) is 6.08 Å². The molecule has 0 fully saturated rings. The van der Waals surface area contributed by atoms with Gasteiger partial charge < -0.3 is 9.84 Å². The summed E-state index contributed by atoms with van der Waals surface area (Å²) in [6.07, 6.45) is 8.24. The SMILES string of the molecule is CCCC/C(C=NC(CC)CO)=C\c1ccc(OC)cc1. The van der Waals surface area contributed by atoms with Crippen LogP contribution < -0.4 is 4.74 Å². The van der Waals surface area contributed by atoms with Crippen molar-refractivity contribution in [2.45, 2.75) is 45.6 Å². The van der Waals surface area contributed by atoms with E-state index in [9.17, 15) is 5.11 Å². The van der Waals surface area contributed by atoms with Crippen molar-refractivity contribution in [1.29, 1.82) is 0 Å². The molecule has 0 saturated heterocycles. The van der Waals surface area contributed by atoms with Gasteiger partial charge in [-0.05, 0) is 42.5 Å². The third-order valence-corrected chi connectivity index (χ3v) is 3.42. The number of rotatable bonds is 9. The first kappa shape index (κ1) is 17.4. The molecule has 0 aliphatic rings. The van der Waals surface area contributed by atoms with Gasteiger partial charge in [0.2, 0.25) is 0 Å². The van der Waals surface area contributed by atoms with Crippen molar-refractivity contribution in [2.24, 2.45) is 4.99 Å². The second kappa shape index (κ2) is 10.2. The first-order valence-corrected chi connectivity index (χ1v) is 7.72. The number of benzene rings is 1. The summed E-state index contributed by atoms with van der Waals surface area (Å²) in [5.74, 6) is 0.863. The molecule has 1 aromatic carbocycles. The van der Waals surface area contributed by atoms with Gasteiger partial charge >= 0.3 is 0 Å². The number of unbranched alkanes of at least 4 members (excludes halogenated alkanes) is 1. The number of hydrogen-bond acceptors (Lipinski definition) is 3. The zero-order valence-corrected chi connectivity index (χ0v) is 13.4. The Labute approximate surface area is 128 Å². The summed E-state index contributed by atoms with van der Waals surface area (Å²) in [7, 11) is 1.67. The number of ether oxygens (including phenoxy) is 1. The number of aliphatic hydroxyl groups excluding tert-OH is 1. The number of nitrogens with zero attached hydrogens (tertiary/aromatic N) is 1. The summed E-state index contributed by atoms with van der Waals surface area (Å²) < 4.78 is 5.17. The standard InChI is InChI=1S/C18H27NO2/c1-4-6-7-16(13-19-17(5-2)14-20)12-15-8-10-18(21-3)11-9-15/h8-13,17,20H,4-7,14H2,1-3H3/b16-12+,19-13?. The van der Waals surface area contributed by atoms with Gasteiger partial charge in [-0.2, -0.15) is 0 Å². The molecule has 0 aliphatic heterocycles. The lowest BCUT2D eigenvalue weighted by molar-refractivity contribution is 0.264. The van der Waals surface area contributed by atoms with Crippen LogP contribution in [0.4, 0.5) is 0 Å². The fourth-order valence-corrected chi connectivity index (χ4v) is 1.95. The smallest absolute Gasteiger partial charge is 0.118 e. The summed E-state index contributed by atoms with van der Waals surface area (Å²) in [6, 6.07) is 8.02. The number of aliphatic hydroxyl groups is 1. The molecule has 0 heterocycles. The number of aliphatic imine (C=N–C) groups is 1. The van der Waals surface area contributed by atoms with Gasteiger partial charge in [-0.1, -0.05) is 38.5 Å². The maximum Gasteiger partial charge on any atom is 0.118 e. The maximum atomic E-state index is 9.22. The maximum absolute atomic E-state index is 9.22. The highest BCUT2D eigenvalue weighted by Gasteiger charge is 2.01. The highest BCUT2D eigenvalue weighted by molar-refractivity contribution is 5.85. The average molecular weight is 289 g/mol. The monoisotopic (exact) mass is 289 g/mol. The normalized spacial score (nSPS) is 13.6. The summed E-state index contributed by atoms with van der Waals surface area (Å²) in [6.45, 7) is 4.33. The largest absolute Gasteiger partial charge is 0.497 e. The molecule has 1 unspecified atom stereocenters. The van der Waals surface area contributed by atoms with Crippen LogP contribution >= 0.6 is 0 Å². The Hall–Kier alpha value is -1.61. The van der Waals surface area contributed by atoms with Crippen LogP contribution in [-0.2, 0) is 0 Å². The second-order valence-corrected chi connectivity index (χ2v) is 5.12. The highest BCUT2D eigenvalue weighted by Crippen LogP contribution is 2.16. The van der Waals surface area contributed by atoms with E-state index in [0.717, 1.165) is 37.0 Å². The van der Waals surface area contributed by atoms with Crippen molar-refractivity contribution in [3.63, 3.8) is 0 Å². The molecule has 0 aliphatic carbocycles. The van der Waals surface area contributed by atoms with Crippen LogP contribution in [0.15, 0.2) is 34.8 Å². The van der Waals surface area contributed by atoms with Crippen LogP contribution in [0.2, 0.25) is 0 Å². The summed E-state index contributed by atoms with van der Waals surface area (Å²) in [5.41, 5.74) is 2.35. The lowest BCUT2D eigenvalue weighted by Gasteiger charge is -2.07. The van der Waals surface area contributed by atoms with Gasteiger partial charge in [-0.3, -0.25) is 4.99 Å². The lowest BCUT2D eigenvalue weighted by atomic mass is 10.1. The topological polar surface area (TPSA) is 41.8 Å². The summed E-state index contributed by atoms with van der Waals surface area (Å²) >= 11 is 0. The third kappa shape index (κ3) is 6.58. The number of allylic oxidation sites excluding steroid dienone is 1. The molecule has 21 heavy (non-hydrogen) atoms. The predicted molar refractivity (Wildman–Crippen MR) is 90.2 cm³/mol. The Kier molecular flexibility index (Phi) is 8.44. The van der Waals surface area contributed by atoms with E-state index in [1.165, 1.54) is 5.57 Å². The molecular formula is C18H27NO2. The zero-order chi connectivity index (χ0) is 15.5. The van der Waals surface area contributed by atoms with Gasteiger partial charge in [0, 0.05) is 6.21 Å². The van der Waals surface area contributed by atoms with Crippen molar-refractivity contribution in [3.05, 3.63) is 35.4 Å². The van der Waals surface area contributed by atoms with E-state index in [1.54, 1.807) is 7.11 Å². The van der Waals surface area contributed by atoms with Crippen molar-refractivity contribution in [2.75, 3.05) is 13.7 Å². The minimum atomic E-state index is 0.00546. The van der Waals surface area contributed by atoms with Gasteiger partial charge in [0.05, 0.1) is 19.8 Å². The molecule has 3 heteroatoms. The van der Waals surface area contributed by atoms with Crippen LogP contribution in [-0.4, -0.2) is 31.1 Å². The quantitative estimate of drug-likeness (QED) is 0.695. The van der Waals surface area contributed by atoms with Crippen molar-refractivity contribution in [3.8, 4) is 5.75 Å². The van der Waals surface area contributed by atoms with E-state index in [0.29, 0.717) is 0 Å². The minimum Gasteiger partial charge on any atom is -0.497 e. The van der Waals surface area contributed by atoms with Crippen LogP contribution in [0.3, 0.4) is 0 Å². The van der Waals surface area contributed by atoms with E-state index < -0.39 is 0 Å². The predicted octanol–water partition coefficient (Wildman–Crippen LogP) is 4.11. The summed E-state index contributed by atoms with van der Waals surface area (Å²) in [5, 5.41) is 9.22. The third-order valence-electron chi connectivity index (χ3n) is 3.42. The van der Waals surface area contributed by atoms with Crippen molar-refractivity contribution in [1.82, 2.24) is 0 Å². The molecule has 116 valence electrons. The number of methoxy groups -OCH3 is 1. The average Bonchev–Trinajstić information content (AvgIpc) is 2.53. The summed E-state index contributed by atoms with van der Waals surface area (Å²) in [4.78, 5) is 4.48. The number of hydrogen-bond donors (Lipinski definition) is 1. The molecule has 1 aromatic rings. The van der Waals surface area contributed by atoms with E-state index in [1.807, 2.05) is 37.4 Å². The lowest BCUT2D eigenvalue weighted by Crippen LogP contribution is -2.08. The Morgan fingerprint density at radius 1 is 1.29 bits per heavy atom. The van der Waals surface area contributed by atoms with Gasteiger partial charge in [0.1, 0.15) is 5.75 Å². The molecule has 0 bridgehead atoms. The van der Waals surface area contributed by atoms with E-state index in [4.69, 9.17) is 4.74 Å². The Morgan fingerprint density at radius 3 is 2.52 bits per heavy atom. The Bertz CT molecular complexity index is 445. The van der Waals surface area contributed by atoms with Gasteiger partial charge in [-0.15, -0.1) is 0 Å². The molecule has 0 radical (unpaired) electrons. The molecule has 0 spiro atoms. The zero-order valence-electron chi connectivity index (χ0n) is 13.4. The highest BCUT2D eigenvalue weighted by atomic mass is 16.5. The van der Waals surface area contributed by atoms with Gasteiger partial charge in [0.15, 0.2) is 0 Å². The molecule has 1 rings (SSSR count). The van der Waals surface area contributed by atoms with E-state index >= 15 is 0 Å². The molecule has 0 amide bonds. The molecular weight excluding hydrogens is 262 g/mol. The van der Waals surface area contributed by atoms with Gasteiger partial charge in [0.25, 0.3) is 0 Å². The van der Waals surface area contributed by atoms with Crippen LogP contribution in [0, 0.1) is 0 Å². The Balaban J connectivity index is 2.85. The second-order valence-electron chi connectivity index (χ2n) is 5.12. The van der Waals surface area contributed by atoms with E-state index in [-0.39, 0.29) is 12.6 Å². The van der Waals surface area contributed by atoms with Crippen molar-refractivity contribution >= 4 is 12.3 Å². The van der Waals surface area contributed by atoms with Crippen LogP contribution in [0.5, 0.6) is 5.75 Å². The molecule has 1 N–H and O–H groups in total. The van der Waals surface area contributed by atoms with Gasteiger partial charge in [-0.25, -0.2) is 0 Å². The fourth-order valence-electron chi connectivity index (χ4n) is 1.95. The molecule has 0 saturated carbocycles. The molecule has 3 nitrogen and oxygen atoms in total. The fraction of sp³-hybridized carbons (Fsp3) is 0.500. The molecule has 1 atom stereocenters. The van der Waals surface area contributed by atoms with Crippen LogP contribution in [0.1, 0.15) is 45.1 Å². The molecule has 0 aromatic heterocycles. The Morgan fingerprint density at radius 2 is 2.00 bits per heavy atom.